The largest absolute Gasteiger partial charge is 0.508 e. The number of hydrogen-bond donors (Lipinski definition) is 12. The molecule has 0 radical (unpaired) electrons. The summed E-state index contributed by atoms with van der Waals surface area (Å²) in [5.41, 5.74) is 16.7. The first-order valence-corrected chi connectivity index (χ1v) is 19.3. The smallest absolute Gasteiger partial charge is 0.322 e. The van der Waals surface area contributed by atoms with E-state index >= 15 is 0 Å². The fourth-order valence-electron chi connectivity index (χ4n) is 6.23. The Bertz CT molecular complexity index is 1650. The highest BCUT2D eigenvalue weighted by Crippen LogP contribution is 2.21. The molecule has 328 valence electrons. The number of phenols is 1. The van der Waals surface area contributed by atoms with Crippen molar-refractivity contribution < 1.29 is 58.5 Å². The summed E-state index contributed by atoms with van der Waals surface area (Å²) >= 11 is 0. The van der Waals surface area contributed by atoms with E-state index in [4.69, 9.17) is 22.3 Å². The number of amides is 8. The maximum atomic E-state index is 14.0. The van der Waals surface area contributed by atoms with Crippen LogP contribution in [0.15, 0.2) is 24.3 Å². The minimum absolute atomic E-state index is 0.00876. The van der Waals surface area contributed by atoms with Crippen LogP contribution >= 0.6 is 0 Å². The molecule has 8 amide bonds. The standard InChI is InChI=1S/C37H58N10O12/c1-3-20(2)31(46-33(55)24(16-28(40)50)42-29(51)17-39)36(58)43-23(7-4-5-13-38)32(54)45-26(19-48)34(56)44-25(15-21-9-11-22(49)12-10-21)37(59)47-14-6-8-27(47)35(57)41-18-30(52)53/h9-12,20,23-27,31,48-49H,3-8,13-19,38-39H2,1-2H3,(H2,40,50)(H,41,57)(H,42,51)(H,43,58)(H,44,56)(H,45,54)(H,46,55)(H,52,53)/t20-,23-,24-,25-,26-,27-,31-/m0/s1. The molecule has 22 nitrogen and oxygen atoms in total. The molecule has 0 aliphatic carbocycles. The summed E-state index contributed by atoms with van der Waals surface area (Å²) in [6, 6.07) is -2.39. The van der Waals surface area contributed by atoms with Crippen LogP contribution in [0.2, 0.25) is 0 Å². The molecule has 22 heteroatoms. The molecule has 1 aromatic carbocycles. The van der Waals surface area contributed by atoms with Crippen LogP contribution in [0.5, 0.6) is 5.75 Å². The van der Waals surface area contributed by atoms with Gasteiger partial charge in [0.1, 0.15) is 48.5 Å². The zero-order chi connectivity index (χ0) is 44.2. The number of carbonyl (C=O) groups excluding carboxylic acids is 8. The number of benzene rings is 1. The number of carboxylic acids is 1. The Kier molecular flexibility index (Phi) is 20.7. The van der Waals surface area contributed by atoms with Crippen molar-refractivity contribution in [3.8, 4) is 5.75 Å². The number of rotatable bonds is 25. The van der Waals surface area contributed by atoms with Crippen LogP contribution < -0.4 is 49.1 Å². The lowest BCUT2D eigenvalue weighted by molar-refractivity contribution is -0.143. The molecular formula is C37H58N10O12. The summed E-state index contributed by atoms with van der Waals surface area (Å²) in [7, 11) is 0. The molecule has 0 saturated carbocycles. The quantitative estimate of drug-likeness (QED) is 0.0414. The third kappa shape index (κ3) is 16.1. The van der Waals surface area contributed by atoms with Gasteiger partial charge in [0, 0.05) is 13.0 Å². The van der Waals surface area contributed by atoms with Crippen molar-refractivity contribution >= 4 is 53.2 Å². The van der Waals surface area contributed by atoms with Gasteiger partial charge >= 0.3 is 5.97 Å². The monoisotopic (exact) mass is 834 g/mol. The summed E-state index contributed by atoms with van der Waals surface area (Å²) in [4.78, 5) is 117. The third-order valence-electron chi connectivity index (χ3n) is 9.67. The number of aromatic hydroxyl groups is 1. The van der Waals surface area contributed by atoms with E-state index in [0.29, 0.717) is 31.2 Å². The van der Waals surface area contributed by atoms with Crippen LogP contribution in [0.1, 0.15) is 64.4 Å². The minimum atomic E-state index is -1.66. The van der Waals surface area contributed by atoms with Crippen molar-refractivity contribution in [2.75, 3.05) is 32.8 Å². The van der Waals surface area contributed by atoms with Crippen LogP contribution in [0.25, 0.3) is 0 Å². The first-order valence-electron chi connectivity index (χ1n) is 19.3. The number of nitrogens with two attached hydrogens (primary N) is 3. The molecule has 0 unspecified atom stereocenters. The van der Waals surface area contributed by atoms with Gasteiger partial charge < -0.3 is 69.3 Å². The van der Waals surface area contributed by atoms with Crippen LogP contribution in [0.4, 0.5) is 0 Å². The van der Waals surface area contributed by atoms with Crippen molar-refractivity contribution in [1.29, 1.82) is 0 Å². The van der Waals surface area contributed by atoms with E-state index in [1.165, 1.54) is 29.2 Å². The number of carboxylic acid groups (broad SMARTS) is 1. The van der Waals surface area contributed by atoms with Gasteiger partial charge in [0.2, 0.25) is 47.3 Å². The predicted molar refractivity (Wildman–Crippen MR) is 209 cm³/mol. The molecule has 1 aromatic rings. The van der Waals surface area contributed by atoms with Crippen LogP contribution in [-0.4, -0.2) is 142 Å². The number of primary amides is 1. The number of likely N-dealkylation sites (tertiary alicyclic amines) is 1. The Morgan fingerprint density at radius 3 is 2.02 bits per heavy atom. The van der Waals surface area contributed by atoms with Gasteiger partial charge in [-0.3, -0.25) is 43.2 Å². The van der Waals surface area contributed by atoms with E-state index in [2.05, 4.69) is 31.9 Å². The van der Waals surface area contributed by atoms with Crippen LogP contribution in [-0.2, 0) is 49.6 Å². The molecule has 1 heterocycles. The highest BCUT2D eigenvalue weighted by molar-refractivity contribution is 5.98. The van der Waals surface area contributed by atoms with E-state index in [1.807, 2.05) is 0 Å². The zero-order valence-electron chi connectivity index (χ0n) is 33.2. The van der Waals surface area contributed by atoms with Crippen LogP contribution in [0.3, 0.4) is 0 Å². The van der Waals surface area contributed by atoms with Gasteiger partial charge in [-0.15, -0.1) is 0 Å². The van der Waals surface area contributed by atoms with Gasteiger partial charge in [-0.05, 0) is 62.3 Å². The number of unbranched alkanes of at least 4 members (excludes halogenated alkanes) is 1. The second-order valence-corrected chi connectivity index (χ2v) is 14.2. The molecule has 59 heavy (non-hydrogen) atoms. The molecular weight excluding hydrogens is 776 g/mol. The maximum Gasteiger partial charge on any atom is 0.322 e. The number of nitrogens with one attached hydrogen (secondary N) is 6. The van der Waals surface area contributed by atoms with Gasteiger partial charge in [-0.25, -0.2) is 0 Å². The number of aliphatic carboxylic acids is 1. The Morgan fingerprint density at radius 1 is 0.831 bits per heavy atom. The molecule has 2 rings (SSSR count). The third-order valence-corrected chi connectivity index (χ3v) is 9.67. The van der Waals surface area contributed by atoms with E-state index in [1.54, 1.807) is 13.8 Å². The molecule has 15 N–H and O–H groups in total. The lowest BCUT2D eigenvalue weighted by atomic mass is 9.96. The van der Waals surface area contributed by atoms with Gasteiger partial charge in [-0.1, -0.05) is 32.4 Å². The van der Waals surface area contributed by atoms with Crippen molar-refractivity contribution in [1.82, 2.24) is 36.8 Å². The number of nitrogens with zero attached hydrogens (tertiary/aromatic N) is 1. The first kappa shape index (κ1) is 49.3. The topological polar surface area (TPSA) is 368 Å². The summed E-state index contributed by atoms with van der Waals surface area (Å²) < 4.78 is 0. The molecule has 1 aliphatic rings. The SMILES string of the molecule is CC[C@H](C)[C@H](NC(=O)[C@H](CC(N)=O)NC(=O)CN)C(=O)N[C@@H](CCCCN)C(=O)N[C@@H](CO)C(=O)N[C@@H](Cc1ccc(O)cc1)C(=O)N1CCC[C@H]1C(=O)NCC(=O)O. The summed E-state index contributed by atoms with van der Waals surface area (Å²) in [6.45, 7) is 1.63. The summed E-state index contributed by atoms with van der Waals surface area (Å²) in [6.07, 6.45) is 1.04. The zero-order valence-corrected chi connectivity index (χ0v) is 33.2. The van der Waals surface area contributed by atoms with Crippen molar-refractivity contribution in [3.63, 3.8) is 0 Å². The summed E-state index contributed by atoms with van der Waals surface area (Å²) in [5.74, 6) is -8.59. The van der Waals surface area contributed by atoms with Gasteiger partial charge in [0.05, 0.1) is 19.6 Å². The number of aliphatic hydroxyl groups is 1. The Balaban J connectivity index is 2.34. The summed E-state index contributed by atoms with van der Waals surface area (Å²) in [5, 5.41) is 43.7. The van der Waals surface area contributed by atoms with Gasteiger partial charge in [0.15, 0.2) is 0 Å². The van der Waals surface area contributed by atoms with E-state index in [-0.39, 0.29) is 38.1 Å². The van der Waals surface area contributed by atoms with E-state index in [9.17, 15) is 53.4 Å². The Morgan fingerprint density at radius 2 is 1.44 bits per heavy atom. The number of phenolic OH excluding ortho intramolecular Hbond substituents is 1. The molecule has 1 aliphatic heterocycles. The fourth-order valence-corrected chi connectivity index (χ4v) is 6.23. The number of hydrogen-bond acceptors (Lipinski definition) is 13. The molecule has 1 fully saturated rings. The molecule has 0 spiro atoms. The second kappa shape index (κ2) is 24.8. The van der Waals surface area contributed by atoms with Crippen molar-refractivity contribution in [3.05, 3.63) is 29.8 Å². The fraction of sp³-hybridized carbons (Fsp3) is 0.595. The molecule has 1 saturated heterocycles. The van der Waals surface area contributed by atoms with E-state index in [0.717, 1.165) is 0 Å². The lowest BCUT2D eigenvalue weighted by Crippen LogP contribution is -2.61. The molecule has 7 atom stereocenters. The maximum absolute atomic E-state index is 14.0. The average Bonchev–Trinajstić information content (AvgIpc) is 3.70. The minimum Gasteiger partial charge on any atom is -0.508 e. The van der Waals surface area contributed by atoms with Gasteiger partial charge in [-0.2, -0.15) is 0 Å². The number of carbonyl (C=O) groups is 9. The molecule has 0 bridgehead atoms. The van der Waals surface area contributed by atoms with E-state index < -0.39 is 122 Å². The second-order valence-electron chi connectivity index (χ2n) is 14.2. The Hall–Kier alpha value is -5.87. The number of aliphatic hydroxyl groups excluding tert-OH is 1. The average molecular weight is 835 g/mol. The van der Waals surface area contributed by atoms with Crippen LogP contribution in [0, 0.1) is 5.92 Å². The predicted octanol–water partition coefficient (Wildman–Crippen LogP) is -4.45. The van der Waals surface area contributed by atoms with Crippen molar-refractivity contribution in [2.24, 2.45) is 23.1 Å². The van der Waals surface area contributed by atoms with Crippen molar-refractivity contribution in [2.45, 2.75) is 101 Å². The lowest BCUT2D eigenvalue weighted by Gasteiger charge is -2.30. The molecule has 0 aromatic heterocycles. The highest BCUT2D eigenvalue weighted by atomic mass is 16.4. The first-order chi connectivity index (χ1) is 27.9. The highest BCUT2D eigenvalue weighted by Gasteiger charge is 2.39. The van der Waals surface area contributed by atoms with Gasteiger partial charge in [0.25, 0.3) is 0 Å². The normalized spacial score (nSPS) is 16.6. The Labute approximate surface area is 341 Å².